The van der Waals surface area contributed by atoms with Gasteiger partial charge >= 0.3 is 0 Å². The van der Waals surface area contributed by atoms with Gasteiger partial charge in [-0.3, -0.25) is 0 Å². The van der Waals surface area contributed by atoms with Crippen molar-refractivity contribution in [2.24, 2.45) is 5.73 Å². The molecule has 2 N–H and O–H groups in total. The van der Waals surface area contributed by atoms with E-state index in [1.54, 1.807) is 18.1 Å². The summed E-state index contributed by atoms with van der Waals surface area (Å²) in [5, 5.41) is 0. The SMILES string of the molecule is Cc1ccc(C(N)CSc2ncns2)c(C)c1. The molecule has 0 aliphatic carbocycles. The normalized spacial score (nSPS) is 12.6. The van der Waals surface area contributed by atoms with E-state index in [2.05, 4.69) is 41.4 Å². The van der Waals surface area contributed by atoms with Gasteiger partial charge in [-0.2, -0.15) is 4.37 Å². The molecule has 0 saturated carbocycles. The molecule has 0 aliphatic rings. The third-order valence-electron chi connectivity index (χ3n) is 2.55. The second-order valence-electron chi connectivity index (χ2n) is 3.98. The summed E-state index contributed by atoms with van der Waals surface area (Å²) in [7, 11) is 0. The van der Waals surface area contributed by atoms with E-state index in [1.807, 2.05) is 0 Å². The smallest absolute Gasteiger partial charge is 0.169 e. The van der Waals surface area contributed by atoms with Crippen LogP contribution in [0.2, 0.25) is 0 Å². The summed E-state index contributed by atoms with van der Waals surface area (Å²) in [5.41, 5.74) is 9.95. The predicted molar refractivity (Wildman–Crippen MR) is 73.5 cm³/mol. The average molecular weight is 265 g/mol. The van der Waals surface area contributed by atoms with Crippen molar-refractivity contribution in [1.82, 2.24) is 9.36 Å². The number of hydrogen-bond acceptors (Lipinski definition) is 5. The first-order chi connectivity index (χ1) is 8.16. The minimum atomic E-state index is 0.0458. The minimum Gasteiger partial charge on any atom is -0.323 e. The van der Waals surface area contributed by atoms with Gasteiger partial charge in [0.2, 0.25) is 0 Å². The van der Waals surface area contributed by atoms with Gasteiger partial charge in [0.25, 0.3) is 0 Å². The summed E-state index contributed by atoms with van der Waals surface area (Å²) in [6.45, 7) is 4.20. The Hall–Kier alpha value is -0.910. The number of nitrogens with zero attached hydrogens (tertiary/aromatic N) is 2. The summed E-state index contributed by atoms with van der Waals surface area (Å²) < 4.78 is 4.95. The second-order valence-corrected chi connectivity index (χ2v) is 6.03. The fourth-order valence-corrected chi connectivity index (χ4v) is 3.17. The lowest BCUT2D eigenvalue weighted by Crippen LogP contribution is -2.14. The summed E-state index contributed by atoms with van der Waals surface area (Å²) in [6.07, 6.45) is 1.58. The van der Waals surface area contributed by atoms with Gasteiger partial charge in [-0.15, -0.1) is 0 Å². The highest BCUT2D eigenvalue weighted by molar-refractivity contribution is 8.00. The van der Waals surface area contributed by atoms with Gasteiger partial charge in [-0.25, -0.2) is 4.98 Å². The van der Waals surface area contributed by atoms with Crippen molar-refractivity contribution in [3.8, 4) is 0 Å². The van der Waals surface area contributed by atoms with Crippen LogP contribution in [0.15, 0.2) is 28.9 Å². The molecule has 2 rings (SSSR count). The number of nitrogens with two attached hydrogens (primary N) is 1. The Balaban J connectivity index is 2.01. The van der Waals surface area contributed by atoms with Gasteiger partial charge in [0.15, 0.2) is 4.34 Å². The zero-order chi connectivity index (χ0) is 12.3. The van der Waals surface area contributed by atoms with Gasteiger partial charge in [-0.05, 0) is 36.5 Å². The highest BCUT2D eigenvalue weighted by atomic mass is 32.2. The third kappa shape index (κ3) is 3.28. The molecule has 1 aromatic heterocycles. The molecule has 0 saturated heterocycles. The lowest BCUT2D eigenvalue weighted by Gasteiger charge is -2.14. The number of aryl methyl sites for hydroxylation is 2. The number of hydrogen-bond donors (Lipinski definition) is 1. The molecule has 0 bridgehead atoms. The van der Waals surface area contributed by atoms with E-state index < -0.39 is 0 Å². The van der Waals surface area contributed by atoms with Crippen LogP contribution in [-0.2, 0) is 0 Å². The van der Waals surface area contributed by atoms with Crippen molar-refractivity contribution in [2.45, 2.75) is 24.2 Å². The molecule has 0 radical (unpaired) electrons. The topological polar surface area (TPSA) is 51.8 Å². The number of benzene rings is 1. The molecular weight excluding hydrogens is 250 g/mol. The van der Waals surface area contributed by atoms with Crippen molar-refractivity contribution in [1.29, 1.82) is 0 Å². The standard InChI is InChI=1S/C12H15N3S2/c1-8-3-4-10(9(2)5-8)11(13)6-16-12-14-7-15-17-12/h3-5,7,11H,6,13H2,1-2H3. The van der Waals surface area contributed by atoms with Gasteiger partial charge in [0.1, 0.15) is 6.33 Å². The van der Waals surface area contributed by atoms with E-state index in [-0.39, 0.29) is 6.04 Å². The Kier molecular flexibility index (Phi) is 4.15. The van der Waals surface area contributed by atoms with Crippen LogP contribution in [0, 0.1) is 13.8 Å². The molecule has 1 atom stereocenters. The molecule has 0 amide bonds. The summed E-state index contributed by atoms with van der Waals surface area (Å²) in [6, 6.07) is 6.45. The molecule has 0 spiro atoms. The first kappa shape index (κ1) is 12.5. The highest BCUT2D eigenvalue weighted by Crippen LogP contribution is 2.25. The average Bonchev–Trinajstić information content (AvgIpc) is 2.78. The van der Waals surface area contributed by atoms with Crippen LogP contribution in [0.3, 0.4) is 0 Å². The van der Waals surface area contributed by atoms with Gasteiger partial charge < -0.3 is 5.73 Å². The van der Waals surface area contributed by atoms with Crippen molar-refractivity contribution < 1.29 is 0 Å². The summed E-state index contributed by atoms with van der Waals surface area (Å²) in [5.74, 6) is 0.832. The van der Waals surface area contributed by atoms with Crippen molar-refractivity contribution >= 4 is 23.3 Å². The Morgan fingerprint density at radius 3 is 2.88 bits per heavy atom. The van der Waals surface area contributed by atoms with Crippen molar-refractivity contribution in [2.75, 3.05) is 5.75 Å². The maximum absolute atomic E-state index is 6.20. The van der Waals surface area contributed by atoms with E-state index in [4.69, 9.17) is 5.73 Å². The monoisotopic (exact) mass is 265 g/mol. The highest BCUT2D eigenvalue weighted by Gasteiger charge is 2.10. The Morgan fingerprint density at radius 1 is 1.41 bits per heavy atom. The molecule has 17 heavy (non-hydrogen) atoms. The number of thioether (sulfide) groups is 1. The lowest BCUT2D eigenvalue weighted by molar-refractivity contribution is 0.821. The zero-order valence-electron chi connectivity index (χ0n) is 9.88. The van der Waals surface area contributed by atoms with E-state index >= 15 is 0 Å². The summed E-state index contributed by atoms with van der Waals surface area (Å²) >= 11 is 3.08. The number of aromatic nitrogens is 2. The molecule has 1 aromatic carbocycles. The lowest BCUT2D eigenvalue weighted by atomic mass is 10.0. The van der Waals surface area contributed by atoms with Crippen molar-refractivity contribution in [3.05, 3.63) is 41.2 Å². The van der Waals surface area contributed by atoms with Crippen LogP contribution >= 0.6 is 23.3 Å². The van der Waals surface area contributed by atoms with Crippen LogP contribution in [0.25, 0.3) is 0 Å². The largest absolute Gasteiger partial charge is 0.323 e. The van der Waals surface area contributed by atoms with Crippen LogP contribution in [0.5, 0.6) is 0 Å². The van der Waals surface area contributed by atoms with Crippen LogP contribution in [-0.4, -0.2) is 15.1 Å². The van der Waals surface area contributed by atoms with Gasteiger partial charge in [-0.1, -0.05) is 35.5 Å². The fourth-order valence-electron chi connectivity index (χ4n) is 1.72. The molecule has 0 fully saturated rings. The quantitative estimate of drug-likeness (QED) is 0.864. The Morgan fingerprint density at radius 2 is 2.24 bits per heavy atom. The summed E-state index contributed by atoms with van der Waals surface area (Å²) in [4.78, 5) is 4.13. The molecular formula is C12H15N3S2. The molecule has 3 nitrogen and oxygen atoms in total. The van der Waals surface area contributed by atoms with E-state index in [9.17, 15) is 0 Å². The van der Waals surface area contributed by atoms with Crippen LogP contribution < -0.4 is 5.73 Å². The molecule has 0 aliphatic heterocycles. The first-order valence-corrected chi connectivity index (χ1v) is 7.15. The van der Waals surface area contributed by atoms with Crippen LogP contribution in [0.1, 0.15) is 22.7 Å². The van der Waals surface area contributed by atoms with Crippen LogP contribution in [0.4, 0.5) is 0 Å². The predicted octanol–water partition coefficient (Wildman–Crippen LogP) is 2.95. The molecule has 5 heteroatoms. The van der Waals surface area contributed by atoms with Crippen molar-refractivity contribution in [3.63, 3.8) is 0 Å². The molecule has 90 valence electrons. The first-order valence-electron chi connectivity index (χ1n) is 5.39. The fraction of sp³-hybridized carbons (Fsp3) is 0.333. The molecule has 1 heterocycles. The maximum atomic E-state index is 6.20. The van der Waals surface area contributed by atoms with Gasteiger partial charge in [0.05, 0.1) is 0 Å². The molecule has 1 unspecified atom stereocenters. The van der Waals surface area contributed by atoms with E-state index in [0.29, 0.717) is 0 Å². The maximum Gasteiger partial charge on any atom is 0.169 e. The van der Waals surface area contributed by atoms with Gasteiger partial charge in [0, 0.05) is 11.8 Å². The van der Waals surface area contributed by atoms with E-state index in [0.717, 1.165) is 10.1 Å². The third-order valence-corrected chi connectivity index (χ3v) is 4.47. The van der Waals surface area contributed by atoms with E-state index in [1.165, 1.54) is 28.2 Å². The second kappa shape index (κ2) is 5.62. The minimum absolute atomic E-state index is 0.0458. The zero-order valence-corrected chi connectivity index (χ0v) is 11.5. The number of rotatable bonds is 4. The Bertz CT molecular complexity index is 483. The molecule has 2 aromatic rings. The Labute approximate surface area is 110 Å².